The van der Waals surface area contributed by atoms with Gasteiger partial charge in [-0.3, -0.25) is 14.7 Å². The minimum absolute atomic E-state index is 0. The average molecular weight is 563 g/mol. The van der Waals surface area contributed by atoms with Crippen LogP contribution in [0, 0.1) is 0 Å². The Balaban J connectivity index is 0.00000512. The minimum Gasteiger partial charge on any atom is -0.493 e. The SMILES string of the molecule is CN=C(NCCC(=O)NC(C)C)NCC(c1ccc(OC)c(OC)c1)N1CCOCC1.I. The Morgan fingerprint density at radius 3 is 2.44 bits per heavy atom. The van der Waals surface area contributed by atoms with E-state index >= 15 is 0 Å². The number of nitrogens with zero attached hydrogens (tertiary/aromatic N) is 2. The molecule has 0 spiro atoms. The number of halogens is 1. The molecule has 0 aliphatic carbocycles. The molecule has 1 amide bonds. The smallest absolute Gasteiger partial charge is 0.221 e. The minimum atomic E-state index is 0. The number of hydrogen-bond acceptors (Lipinski definition) is 6. The molecule has 9 nitrogen and oxygen atoms in total. The second-order valence-corrected chi connectivity index (χ2v) is 7.63. The standard InChI is InChI=1S/C22H37N5O4.HI/c1-16(2)26-21(28)8-9-24-22(23-3)25-15-18(27-10-12-31-13-11-27)17-6-7-19(29-4)20(14-17)30-5;/h6-7,14,16,18H,8-13,15H2,1-5H3,(H,26,28)(H2,23,24,25);1H. The van der Waals surface area contributed by atoms with Crippen LogP contribution in [-0.4, -0.2) is 83.5 Å². The van der Waals surface area contributed by atoms with E-state index in [4.69, 9.17) is 14.2 Å². The summed E-state index contributed by atoms with van der Waals surface area (Å²) in [5.74, 6) is 2.10. The molecule has 0 saturated carbocycles. The van der Waals surface area contributed by atoms with Crippen LogP contribution < -0.4 is 25.4 Å². The molecule has 1 saturated heterocycles. The molecule has 3 N–H and O–H groups in total. The molecule has 1 aromatic rings. The van der Waals surface area contributed by atoms with Crippen molar-refractivity contribution in [2.75, 3.05) is 60.7 Å². The van der Waals surface area contributed by atoms with E-state index in [0.29, 0.717) is 50.2 Å². The van der Waals surface area contributed by atoms with Gasteiger partial charge in [0.15, 0.2) is 17.5 Å². The Bertz CT molecular complexity index is 726. The lowest BCUT2D eigenvalue weighted by Gasteiger charge is -2.35. The summed E-state index contributed by atoms with van der Waals surface area (Å²) in [6.07, 6.45) is 0.390. The molecule has 2 rings (SSSR count). The summed E-state index contributed by atoms with van der Waals surface area (Å²) in [7, 11) is 5.00. The first-order valence-corrected chi connectivity index (χ1v) is 10.8. The Morgan fingerprint density at radius 2 is 1.84 bits per heavy atom. The van der Waals surface area contributed by atoms with Crippen molar-refractivity contribution in [2.45, 2.75) is 32.4 Å². The molecule has 0 aromatic heterocycles. The number of nitrogens with one attached hydrogen (secondary N) is 3. The monoisotopic (exact) mass is 563 g/mol. The Kier molecular flexibility index (Phi) is 13.3. The van der Waals surface area contributed by atoms with E-state index in [-0.39, 0.29) is 42.0 Å². The lowest BCUT2D eigenvalue weighted by atomic mass is 10.0. The summed E-state index contributed by atoms with van der Waals surface area (Å²) in [4.78, 5) is 18.5. The Hall–Kier alpha value is -1.79. The van der Waals surface area contributed by atoms with Crippen molar-refractivity contribution in [3.8, 4) is 11.5 Å². The zero-order valence-corrected chi connectivity index (χ0v) is 22.1. The first-order valence-electron chi connectivity index (χ1n) is 10.8. The second kappa shape index (κ2) is 15.1. The predicted octanol–water partition coefficient (Wildman–Crippen LogP) is 1.77. The predicted molar refractivity (Wildman–Crippen MR) is 137 cm³/mol. The van der Waals surface area contributed by atoms with E-state index in [0.717, 1.165) is 18.7 Å². The number of morpholine rings is 1. The van der Waals surface area contributed by atoms with Crippen LogP contribution in [0.15, 0.2) is 23.2 Å². The molecule has 1 fully saturated rings. The maximum absolute atomic E-state index is 11.8. The Labute approximate surface area is 208 Å². The van der Waals surface area contributed by atoms with Crippen molar-refractivity contribution in [1.29, 1.82) is 0 Å². The van der Waals surface area contributed by atoms with Gasteiger partial charge >= 0.3 is 0 Å². The third kappa shape index (κ3) is 8.99. The Morgan fingerprint density at radius 1 is 1.16 bits per heavy atom. The number of carbonyl (C=O) groups is 1. The zero-order chi connectivity index (χ0) is 22.6. The molecule has 0 radical (unpaired) electrons. The van der Waals surface area contributed by atoms with Gasteiger partial charge in [0.25, 0.3) is 0 Å². The summed E-state index contributed by atoms with van der Waals surface area (Å²) in [6, 6.07) is 6.26. The molecule has 1 aromatic carbocycles. The van der Waals surface area contributed by atoms with E-state index < -0.39 is 0 Å². The van der Waals surface area contributed by atoms with E-state index in [9.17, 15) is 4.79 Å². The number of carbonyl (C=O) groups excluding carboxylic acids is 1. The molecule has 10 heteroatoms. The molecule has 1 aliphatic heterocycles. The van der Waals surface area contributed by atoms with Gasteiger partial charge in [-0.05, 0) is 31.5 Å². The third-order valence-corrected chi connectivity index (χ3v) is 5.06. The van der Waals surface area contributed by atoms with Crippen molar-refractivity contribution in [2.24, 2.45) is 4.99 Å². The molecule has 1 aliphatic rings. The molecule has 0 bridgehead atoms. The van der Waals surface area contributed by atoms with E-state index in [1.165, 1.54) is 0 Å². The van der Waals surface area contributed by atoms with Crippen molar-refractivity contribution >= 4 is 35.8 Å². The van der Waals surface area contributed by atoms with Gasteiger partial charge in [0.1, 0.15) is 0 Å². The largest absolute Gasteiger partial charge is 0.493 e. The first-order chi connectivity index (χ1) is 15.0. The third-order valence-electron chi connectivity index (χ3n) is 5.06. The molecule has 1 heterocycles. The second-order valence-electron chi connectivity index (χ2n) is 7.63. The molecular weight excluding hydrogens is 525 g/mol. The van der Waals surface area contributed by atoms with Crippen LogP contribution in [-0.2, 0) is 9.53 Å². The maximum atomic E-state index is 11.8. The topological polar surface area (TPSA) is 96.5 Å². The van der Waals surface area contributed by atoms with Gasteiger partial charge in [0.2, 0.25) is 5.91 Å². The average Bonchev–Trinajstić information content (AvgIpc) is 2.78. The molecular formula is C22H38IN5O4. The van der Waals surface area contributed by atoms with Crippen LogP contribution in [0.1, 0.15) is 31.9 Å². The maximum Gasteiger partial charge on any atom is 0.221 e. The van der Waals surface area contributed by atoms with Crippen LogP contribution in [0.2, 0.25) is 0 Å². The lowest BCUT2D eigenvalue weighted by Crippen LogP contribution is -2.46. The number of aliphatic imine (C=N–C) groups is 1. The first kappa shape index (κ1) is 28.2. The molecule has 1 unspecified atom stereocenters. The highest BCUT2D eigenvalue weighted by Gasteiger charge is 2.24. The van der Waals surface area contributed by atoms with Crippen molar-refractivity contribution < 1.29 is 19.0 Å². The lowest BCUT2D eigenvalue weighted by molar-refractivity contribution is -0.121. The summed E-state index contributed by atoms with van der Waals surface area (Å²) >= 11 is 0. The number of guanidine groups is 1. The summed E-state index contributed by atoms with van der Waals surface area (Å²) in [6.45, 7) is 8.18. The summed E-state index contributed by atoms with van der Waals surface area (Å²) in [5.41, 5.74) is 1.12. The number of hydrogen-bond donors (Lipinski definition) is 3. The highest BCUT2D eigenvalue weighted by Crippen LogP contribution is 2.32. The van der Waals surface area contributed by atoms with Gasteiger partial charge in [-0.1, -0.05) is 6.07 Å². The van der Waals surface area contributed by atoms with Gasteiger partial charge in [-0.15, -0.1) is 24.0 Å². The van der Waals surface area contributed by atoms with Gasteiger partial charge in [-0.25, -0.2) is 0 Å². The number of ether oxygens (including phenoxy) is 3. The zero-order valence-electron chi connectivity index (χ0n) is 19.8. The van der Waals surface area contributed by atoms with Gasteiger partial charge in [-0.2, -0.15) is 0 Å². The normalized spacial score (nSPS) is 15.5. The fourth-order valence-electron chi connectivity index (χ4n) is 3.51. The van der Waals surface area contributed by atoms with Crippen molar-refractivity contribution in [3.63, 3.8) is 0 Å². The molecule has 32 heavy (non-hydrogen) atoms. The number of amides is 1. The van der Waals surface area contributed by atoms with Crippen LogP contribution >= 0.6 is 24.0 Å². The van der Waals surface area contributed by atoms with E-state index in [1.807, 2.05) is 26.0 Å². The molecule has 182 valence electrons. The number of benzene rings is 1. The van der Waals surface area contributed by atoms with E-state index in [2.05, 4.69) is 31.9 Å². The van der Waals surface area contributed by atoms with Crippen LogP contribution in [0.3, 0.4) is 0 Å². The van der Waals surface area contributed by atoms with Crippen molar-refractivity contribution in [3.05, 3.63) is 23.8 Å². The molecule has 1 atom stereocenters. The summed E-state index contributed by atoms with van der Waals surface area (Å²) in [5, 5.41) is 9.50. The highest BCUT2D eigenvalue weighted by molar-refractivity contribution is 14.0. The van der Waals surface area contributed by atoms with Crippen molar-refractivity contribution in [1.82, 2.24) is 20.9 Å². The van der Waals surface area contributed by atoms with E-state index in [1.54, 1.807) is 21.3 Å². The quantitative estimate of drug-likeness (QED) is 0.227. The number of methoxy groups -OCH3 is 2. The fraction of sp³-hybridized carbons (Fsp3) is 0.636. The summed E-state index contributed by atoms with van der Waals surface area (Å²) < 4.78 is 16.4. The number of rotatable bonds is 10. The van der Waals surface area contributed by atoms with Crippen LogP contribution in [0.5, 0.6) is 11.5 Å². The fourth-order valence-corrected chi connectivity index (χ4v) is 3.51. The van der Waals surface area contributed by atoms with Gasteiger partial charge < -0.3 is 30.2 Å². The van der Waals surface area contributed by atoms with Gasteiger partial charge in [0, 0.05) is 45.7 Å². The van der Waals surface area contributed by atoms with Crippen LogP contribution in [0.25, 0.3) is 0 Å². The highest BCUT2D eigenvalue weighted by atomic mass is 127. The van der Waals surface area contributed by atoms with Gasteiger partial charge in [0.05, 0.1) is 33.5 Å². The van der Waals surface area contributed by atoms with Crippen LogP contribution in [0.4, 0.5) is 0 Å².